The first-order valence-corrected chi connectivity index (χ1v) is 10.4. The van der Waals surface area contributed by atoms with Crippen molar-refractivity contribution in [1.82, 2.24) is 10.3 Å². The van der Waals surface area contributed by atoms with Crippen molar-refractivity contribution >= 4 is 17.8 Å². The van der Waals surface area contributed by atoms with Crippen molar-refractivity contribution in [1.29, 1.82) is 0 Å². The number of fused-ring (bicyclic) bond motifs is 1. The summed E-state index contributed by atoms with van der Waals surface area (Å²) >= 11 is 0. The molecule has 1 N–H and O–H groups in total. The Kier molecular flexibility index (Phi) is 6.13. The van der Waals surface area contributed by atoms with Gasteiger partial charge in [-0.15, -0.1) is 0 Å². The third-order valence-electron chi connectivity index (χ3n) is 5.45. The molecule has 0 saturated carbocycles. The van der Waals surface area contributed by atoms with Crippen LogP contribution in [-0.4, -0.2) is 38.0 Å². The number of benzene rings is 3. The third-order valence-corrected chi connectivity index (χ3v) is 5.45. The topological polar surface area (TPSA) is 63.2 Å². The summed E-state index contributed by atoms with van der Waals surface area (Å²) in [6.45, 7) is 1.82. The summed E-state index contributed by atoms with van der Waals surface area (Å²) in [7, 11) is 4.72. The maximum Gasteiger partial charge on any atom is 0.342 e. The maximum atomic E-state index is 13.3. The second-order valence-corrected chi connectivity index (χ2v) is 7.48. The number of halogens is 1. The van der Waals surface area contributed by atoms with Crippen LogP contribution >= 0.6 is 0 Å². The van der Waals surface area contributed by atoms with Crippen molar-refractivity contribution < 1.29 is 18.7 Å². The van der Waals surface area contributed by atoms with Crippen LogP contribution in [0.3, 0.4) is 0 Å². The lowest BCUT2D eigenvalue weighted by molar-refractivity contribution is 0.215. The van der Waals surface area contributed by atoms with E-state index >= 15 is 0 Å². The highest BCUT2D eigenvalue weighted by Gasteiger charge is 2.24. The molecule has 1 aliphatic heterocycles. The van der Waals surface area contributed by atoms with E-state index in [4.69, 9.17) is 14.6 Å². The van der Waals surface area contributed by atoms with Gasteiger partial charge in [0.05, 0.1) is 19.9 Å². The highest BCUT2D eigenvalue weighted by molar-refractivity contribution is 6.16. The summed E-state index contributed by atoms with van der Waals surface area (Å²) in [5.41, 5.74) is 5.56. The Morgan fingerprint density at radius 2 is 1.45 bits per heavy atom. The van der Waals surface area contributed by atoms with E-state index in [9.17, 15) is 9.18 Å². The minimum atomic E-state index is -0.351. The van der Waals surface area contributed by atoms with Crippen LogP contribution in [0.1, 0.15) is 23.6 Å². The largest absolute Gasteiger partial charge is 0.493 e. The van der Waals surface area contributed by atoms with E-state index in [1.165, 1.54) is 17.1 Å². The molecule has 6 nitrogen and oxygen atoms in total. The van der Waals surface area contributed by atoms with Gasteiger partial charge < -0.3 is 14.8 Å². The molecule has 0 spiro atoms. The Balaban J connectivity index is 1.86. The summed E-state index contributed by atoms with van der Waals surface area (Å²) in [4.78, 5) is 12.6. The molecule has 0 saturated heterocycles. The molecule has 0 aromatic heterocycles. The van der Waals surface area contributed by atoms with Gasteiger partial charge in [-0.3, -0.25) is 0 Å². The Hall–Kier alpha value is -4.13. The molecule has 0 atom stereocenters. The predicted molar refractivity (Wildman–Crippen MR) is 127 cm³/mol. The normalized spacial score (nSPS) is 12.8. The fourth-order valence-electron chi connectivity index (χ4n) is 3.73. The molecule has 0 unspecified atom stereocenters. The van der Waals surface area contributed by atoms with Crippen LogP contribution in [-0.2, 0) is 0 Å². The fraction of sp³-hybridized carbons (Fsp3) is 0.154. The van der Waals surface area contributed by atoms with Crippen LogP contribution in [0.5, 0.6) is 11.5 Å². The zero-order valence-electron chi connectivity index (χ0n) is 18.8. The number of carbonyl (C=O) groups excluding carboxylic acids is 1. The second kappa shape index (κ2) is 9.16. The molecular formula is C26H24FN3O3. The fourth-order valence-corrected chi connectivity index (χ4v) is 3.73. The molecule has 3 aromatic carbocycles. The number of allylic oxidation sites excluding steroid dienone is 1. The lowest BCUT2D eigenvalue weighted by Crippen LogP contribution is -2.33. The molecule has 3 aromatic rings. The molecule has 33 heavy (non-hydrogen) atoms. The number of amides is 2. The van der Waals surface area contributed by atoms with Gasteiger partial charge in [0, 0.05) is 23.9 Å². The van der Waals surface area contributed by atoms with Crippen LogP contribution in [0.25, 0.3) is 17.2 Å². The minimum Gasteiger partial charge on any atom is -0.493 e. The van der Waals surface area contributed by atoms with Gasteiger partial charge in [0.25, 0.3) is 0 Å². The van der Waals surface area contributed by atoms with Crippen LogP contribution in [0.4, 0.5) is 9.18 Å². The van der Waals surface area contributed by atoms with Crippen molar-refractivity contribution in [2.75, 3.05) is 21.3 Å². The molecular weight excluding hydrogens is 421 g/mol. The number of carbonyl (C=O) groups is 1. The molecule has 4 rings (SSSR count). The molecule has 1 heterocycles. The van der Waals surface area contributed by atoms with E-state index in [-0.39, 0.29) is 11.8 Å². The van der Waals surface area contributed by atoms with Gasteiger partial charge in [0.1, 0.15) is 5.82 Å². The van der Waals surface area contributed by atoms with E-state index in [1.807, 2.05) is 49.4 Å². The molecule has 2 amide bonds. The summed E-state index contributed by atoms with van der Waals surface area (Å²) in [5.74, 6) is 0.868. The number of urea groups is 1. The minimum absolute atomic E-state index is 0.277. The first kappa shape index (κ1) is 22.1. The van der Waals surface area contributed by atoms with Crippen LogP contribution in [0, 0.1) is 5.82 Å². The van der Waals surface area contributed by atoms with Crippen molar-refractivity contribution in [2.24, 2.45) is 5.10 Å². The third kappa shape index (κ3) is 4.30. The zero-order valence-corrected chi connectivity index (χ0v) is 18.8. The second-order valence-electron chi connectivity index (χ2n) is 7.48. The van der Waals surface area contributed by atoms with Gasteiger partial charge >= 0.3 is 6.03 Å². The van der Waals surface area contributed by atoms with Gasteiger partial charge in [-0.05, 0) is 54.0 Å². The summed E-state index contributed by atoms with van der Waals surface area (Å²) in [6, 6.07) is 17.5. The van der Waals surface area contributed by atoms with Crippen molar-refractivity contribution in [2.45, 2.75) is 6.92 Å². The average molecular weight is 445 g/mol. The molecule has 0 bridgehead atoms. The average Bonchev–Trinajstić information content (AvgIpc) is 2.98. The first-order chi connectivity index (χ1) is 15.9. The molecule has 168 valence electrons. The smallest absolute Gasteiger partial charge is 0.342 e. The zero-order chi connectivity index (χ0) is 23.5. The Labute approximate surface area is 191 Å². The van der Waals surface area contributed by atoms with Gasteiger partial charge in [-0.1, -0.05) is 36.4 Å². The maximum absolute atomic E-state index is 13.3. The number of nitrogens with zero attached hydrogens (tertiary/aromatic N) is 2. The Morgan fingerprint density at radius 1 is 0.909 bits per heavy atom. The highest BCUT2D eigenvalue weighted by atomic mass is 19.1. The lowest BCUT2D eigenvalue weighted by atomic mass is 9.95. The molecule has 1 aliphatic rings. The number of methoxy groups -OCH3 is 2. The van der Waals surface area contributed by atoms with Crippen LogP contribution in [0.2, 0.25) is 0 Å². The van der Waals surface area contributed by atoms with E-state index in [1.54, 1.807) is 33.4 Å². The first-order valence-electron chi connectivity index (χ1n) is 10.4. The van der Waals surface area contributed by atoms with Gasteiger partial charge in [0.2, 0.25) is 0 Å². The Bertz CT molecular complexity index is 1250. The highest BCUT2D eigenvalue weighted by Crippen LogP contribution is 2.35. The van der Waals surface area contributed by atoms with Gasteiger partial charge in [0.15, 0.2) is 11.5 Å². The van der Waals surface area contributed by atoms with E-state index in [0.29, 0.717) is 22.9 Å². The number of nitrogens with one attached hydrogen (secondary N) is 1. The molecule has 0 radical (unpaired) electrons. The van der Waals surface area contributed by atoms with Gasteiger partial charge in [-0.2, -0.15) is 10.1 Å². The number of rotatable bonds is 4. The quantitative estimate of drug-likeness (QED) is 0.595. The Morgan fingerprint density at radius 3 is 2.03 bits per heavy atom. The van der Waals surface area contributed by atoms with Gasteiger partial charge in [-0.25, -0.2) is 9.18 Å². The monoisotopic (exact) mass is 445 g/mol. The van der Waals surface area contributed by atoms with E-state index in [0.717, 1.165) is 27.8 Å². The van der Waals surface area contributed by atoms with Crippen molar-refractivity contribution in [3.8, 4) is 22.6 Å². The van der Waals surface area contributed by atoms with E-state index in [2.05, 4.69) is 5.32 Å². The van der Waals surface area contributed by atoms with Crippen molar-refractivity contribution in [3.05, 3.63) is 88.9 Å². The summed E-state index contributed by atoms with van der Waals surface area (Å²) in [5, 5.41) is 8.67. The summed E-state index contributed by atoms with van der Waals surface area (Å²) < 4.78 is 24.3. The number of ether oxygens (including phenoxy) is 2. The predicted octanol–water partition coefficient (Wildman–Crippen LogP) is 5.28. The standard InChI is InChI=1S/C26H24FN3O3/c1-16-13-20-14-23(32-3)24(33-4)15-22(20)25(29-30(16)26(31)28-2)19-7-5-17(6-8-19)18-9-11-21(27)12-10-18/h5-15H,1-4H3,(H,28,31). The van der Waals surface area contributed by atoms with E-state index < -0.39 is 0 Å². The SMILES string of the molecule is CNC(=O)N1N=C(c2ccc(-c3ccc(F)cc3)cc2)c2cc(OC)c(OC)cc2C=C1C. The van der Waals surface area contributed by atoms with Crippen molar-refractivity contribution in [3.63, 3.8) is 0 Å². The number of hydrogen-bond acceptors (Lipinski definition) is 4. The van der Waals surface area contributed by atoms with Crippen LogP contribution < -0.4 is 14.8 Å². The molecule has 0 aliphatic carbocycles. The van der Waals surface area contributed by atoms with Crippen LogP contribution in [0.15, 0.2) is 71.5 Å². The molecule has 0 fully saturated rings. The molecule has 7 heteroatoms. The number of hydrogen-bond donors (Lipinski definition) is 1. The lowest BCUT2D eigenvalue weighted by Gasteiger charge is -2.17. The summed E-state index contributed by atoms with van der Waals surface area (Å²) in [6.07, 6.45) is 1.88. The number of hydrazone groups is 1.